The summed E-state index contributed by atoms with van der Waals surface area (Å²) >= 11 is 5.58. The molecule has 1 aliphatic heterocycles. The number of alkyl halides is 1. The fraction of sp³-hybridized carbons (Fsp3) is 0.923. The second-order valence-electron chi connectivity index (χ2n) is 5.28. The number of thioether (sulfide) groups is 1. The number of nitrogens with one attached hydrogen (secondary N) is 1. The van der Waals surface area contributed by atoms with Crippen molar-refractivity contribution >= 4 is 33.6 Å². The molecule has 1 amide bonds. The topological polar surface area (TPSA) is 29.1 Å². The zero-order valence-corrected chi connectivity index (χ0v) is 12.7. The van der Waals surface area contributed by atoms with Crippen LogP contribution >= 0.6 is 27.7 Å². The first-order valence-corrected chi connectivity index (χ1v) is 9.00. The lowest BCUT2D eigenvalue weighted by molar-refractivity contribution is -0.123. The molecule has 1 saturated heterocycles. The maximum absolute atomic E-state index is 12.0. The van der Waals surface area contributed by atoms with Gasteiger partial charge in [0.25, 0.3) is 0 Å². The molecule has 98 valence electrons. The minimum Gasteiger partial charge on any atom is -0.353 e. The molecule has 1 N–H and O–H groups in total. The number of halogens is 1. The highest BCUT2D eigenvalue weighted by molar-refractivity contribution is 9.09. The van der Waals surface area contributed by atoms with Crippen LogP contribution in [-0.4, -0.2) is 28.8 Å². The van der Waals surface area contributed by atoms with E-state index in [0.29, 0.717) is 23.8 Å². The fourth-order valence-electron chi connectivity index (χ4n) is 2.89. The van der Waals surface area contributed by atoms with Crippen molar-refractivity contribution < 1.29 is 4.79 Å². The molecule has 2 aliphatic rings. The Balaban J connectivity index is 1.72. The second kappa shape index (κ2) is 7.03. The van der Waals surface area contributed by atoms with E-state index in [0.717, 1.165) is 11.8 Å². The summed E-state index contributed by atoms with van der Waals surface area (Å²) < 4.78 is 0. The molecule has 0 aromatic rings. The van der Waals surface area contributed by atoms with E-state index in [1.807, 2.05) is 11.8 Å². The Morgan fingerprint density at radius 3 is 2.71 bits per heavy atom. The van der Waals surface area contributed by atoms with Gasteiger partial charge in [0.05, 0.1) is 0 Å². The monoisotopic (exact) mass is 319 g/mol. The quantitative estimate of drug-likeness (QED) is 0.806. The zero-order valence-electron chi connectivity index (χ0n) is 10.3. The summed E-state index contributed by atoms with van der Waals surface area (Å²) in [7, 11) is 0. The molecular weight excluding hydrogens is 298 g/mol. The van der Waals surface area contributed by atoms with Crippen LogP contribution in [0.25, 0.3) is 0 Å². The fourth-order valence-corrected chi connectivity index (χ4v) is 4.87. The van der Waals surface area contributed by atoms with Crippen LogP contribution in [0.5, 0.6) is 0 Å². The summed E-state index contributed by atoms with van der Waals surface area (Å²) in [6.07, 6.45) is 6.90. The summed E-state index contributed by atoms with van der Waals surface area (Å²) in [5, 5.41) is 4.28. The van der Waals surface area contributed by atoms with Crippen LogP contribution in [0.15, 0.2) is 0 Å². The third-order valence-corrected chi connectivity index (χ3v) is 5.90. The van der Waals surface area contributed by atoms with Crippen LogP contribution in [0.3, 0.4) is 0 Å². The first-order valence-electron chi connectivity index (χ1n) is 6.72. The maximum Gasteiger partial charge on any atom is 0.220 e. The smallest absolute Gasteiger partial charge is 0.220 e. The first kappa shape index (κ1) is 13.7. The molecule has 0 bridgehead atoms. The van der Waals surface area contributed by atoms with Crippen molar-refractivity contribution in [3.05, 3.63) is 0 Å². The van der Waals surface area contributed by atoms with E-state index in [-0.39, 0.29) is 0 Å². The average molecular weight is 320 g/mol. The van der Waals surface area contributed by atoms with Crippen LogP contribution in [0, 0.1) is 11.8 Å². The SMILES string of the molecule is O=C(CC1CCSCC1)NC1CCCC1CBr. The molecule has 0 aromatic heterocycles. The highest BCUT2D eigenvalue weighted by Gasteiger charge is 2.28. The molecule has 0 aromatic carbocycles. The van der Waals surface area contributed by atoms with Crippen molar-refractivity contribution in [3.63, 3.8) is 0 Å². The van der Waals surface area contributed by atoms with E-state index >= 15 is 0 Å². The molecule has 17 heavy (non-hydrogen) atoms. The van der Waals surface area contributed by atoms with Gasteiger partial charge in [0, 0.05) is 17.8 Å². The van der Waals surface area contributed by atoms with Crippen LogP contribution < -0.4 is 5.32 Å². The summed E-state index contributed by atoms with van der Waals surface area (Å²) in [5.74, 6) is 4.07. The third kappa shape index (κ3) is 4.16. The van der Waals surface area contributed by atoms with Crippen LogP contribution in [0.1, 0.15) is 38.5 Å². The van der Waals surface area contributed by atoms with Crippen molar-refractivity contribution in [1.82, 2.24) is 5.32 Å². The van der Waals surface area contributed by atoms with Gasteiger partial charge in [-0.1, -0.05) is 22.4 Å². The number of hydrogen-bond donors (Lipinski definition) is 1. The van der Waals surface area contributed by atoms with Gasteiger partial charge in [0.1, 0.15) is 0 Å². The third-order valence-electron chi connectivity index (χ3n) is 4.02. The van der Waals surface area contributed by atoms with Gasteiger partial charge in [-0.15, -0.1) is 0 Å². The van der Waals surface area contributed by atoms with Crippen LogP contribution in [0.2, 0.25) is 0 Å². The summed E-state index contributed by atoms with van der Waals surface area (Å²) in [4.78, 5) is 12.0. The van der Waals surface area contributed by atoms with E-state index in [9.17, 15) is 4.79 Å². The van der Waals surface area contributed by atoms with Crippen LogP contribution in [0.4, 0.5) is 0 Å². The Bertz CT molecular complexity index is 256. The molecule has 0 radical (unpaired) electrons. The lowest BCUT2D eigenvalue weighted by Crippen LogP contribution is -2.38. The molecule has 0 spiro atoms. The number of amides is 1. The lowest BCUT2D eigenvalue weighted by atomic mass is 9.98. The molecule has 1 aliphatic carbocycles. The molecule has 2 nitrogen and oxygen atoms in total. The molecule has 2 rings (SSSR count). The highest BCUT2D eigenvalue weighted by Crippen LogP contribution is 2.28. The molecule has 1 saturated carbocycles. The average Bonchev–Trinajstić information content (AvgIpc) is 2.77. The van der Waals surface area contributed by atoms with Crippen molar-refractivity contribution in [1.29, 1.82) is 0 Å². The van der Waals surface area contributed by atoms with Gasteiger partial charge in [-0.3, -0.25) is 4.79 Å². The summed E-state index contributed by atoms with van der Waals surface area (Å²) in [5.41, 5.74) is 0. The van der Waals surface area contributed by atoms with E-state index in [2.05, 4.69) is 21.2 Å². The normalized spacial score (nSPS) is 30.4. The van der Waals surface area contributed by atoms with Gasteiger partial charge >= 0.3 is 0 Å². The minimum atomic E-state index is 0.291. The Morgan fingerprint density at radius 1 is 1.24 bits per heavy atom. The van der Waals surface area contributed by atoms with E-state index in [1.54, 1.807) is 0 Å². The minimum absolute atomic E-state index is 0.291. The second-order valence-corrected chi connectivity index (χ2v) is 7.15. The van der Waals surface area contributed by atoms with Gasteiger partial charge in [0.15, 0.2) is 0 Å². The Kier molecular flexibility index (Phi) is 5.67. The molecule has 4 heteroatoms. The molecule has 2 atom stereocenters. The Hall–Kier alpha value is 0.300. The van der Waals surface area contributed by atoms with Crippen molar-refractivity contribution in [2.45, 2.75) is 44.6 Å². The zero-order chi connectivity index (χ0) is 12.1. The number of rotatable bonds is 4. The standard InChI is InChI=1S/C13H22BrNOS/c14-9-11-2-1-3-12(11)15-13(16)8-10-4-6-17-7-5-10/h10-12H,1-9H2,(H,15,16). The highest BCUT2D eigenvalue weighted by atomic mass is 79.9. The number of carbonyl (C=O) groups is 1. The molecule has 2 unspecified atom stereocenters. The van der Waals surface area contributed by atoms with Crippen molar-refractivity contribution in [2.24, 2.45) is 11.8 Å². The van der Waals surface area contributed by atoms with Crippen LogP contribution in [-0.2, 0) is 4.79 Å². The number of hydrogen-bond acceptors (Lipinski definition) is 2. The van der Waals surface area contributed by atoms with E-state index in [1.165, 1.54) is 43.6 Å². The molecule has 2 fully saturated rings. The van der Waals surface area contributed by atoms with Gasteiger partial charge in [-0.25, -0.2) is 0 Å². The largest absolute Gasteiger partial charge is 0.353 e. The summed E-state index contributed by atoms with van der Waals surface area (Å²) in [6.45, 7) is 0. The van der Waals surface area contributed by atoms with Gasteiger partial charge in [0.2, 0.25) is 5.91 Å². The van der Waals surface area contributed by atoms with Crippen molar-refractivity contribution in [2.75, 3.05) is 16.8 Å². The predicted molar refractivity (Wildman–Crippen MR) is 77.7 cm³/mol. The van der Waals surface area contributed by atoms with Crippen molar-refractivity contribution in [3.8, 4) is 0 Å². The lowest BCUT2D eigenvalue weighted by Gasteiger charge is -2.23. The van der Waals surface area contributed by atoms with Gasteiger partial charge in [-0.05, 0) is 49.0 Å². The molecular formula is C13H22BrNOS. The van der Waals surface area contributed by atoms with Gasteiger partial charge < -0.3 is 5.32 Å². The van der Waals surface area contributed by atoms with Gasteiger partial charge in [-0.2, -0.15) is 11.8 Å². The summed E-state index contributed by atoms with van der Waals surface area (Å²) in [6, 6.07) is 0.430. The number of carbonyl (C=O) groups excluding carboxylic acids is 1. The Morgan fingerprint density at radius 2 is 2.00 bits per heavy atom. The first-order chi connectivity index (χ1) is 8.29. The maximum atomic E-state index is 12.0. The predicted octanol–water partition coefficient (Wildman–Crippen LogP) is 3.20. The van der Waals surface area contributed by atoms with E-state index in [4.69, 9.17) is 0 Å². The van der Waals surface area contributed by atoms with E-state index < -0.39 is 0 Å². The Labute approximate surface area is 117 Å². The molecule has 1 heterocycles.